The van der Waals surface area contributed by atoms with Gasteiger partial charge < -0.3 is 10.4 Å². The first-order valence-corrected chi connectivity index (χ1v) is 8.21. The van der Waals surface area contributed by atoms with Gasteiger partial charge >= 0.3 is 0 Å². The number of phenolic OH excluding ortho intramolecular Hbond substituents is 1. The van der Waals surface area contributed by atoms with Crippen LogP contribution in [0, 0.1) is 6.92 Å². The summed E-state index contributed by atoms with van der Waals surface area (Å²) in [6, 6.07) is 14.4. The molecule has 25 heavy (non-hydrogen) atoms. The highest BCUT2D eigenvalue weighted by Crippen LogP contribution is 2.27. The van der Waals surface area contributed by atoms with Crippen molar-refractivity contribution < 1.29 is 14.7 Å². The predicted octanol–water partition coefficient (Wildman–Crippen LogP) is 3.17. The van der Waals surface area contributed by atoms with Crippen LogP contribution in [-0.2, 0) is 16.0 Å². The normalized spacial score (nSPS) is 14.4. The molecule has 0 radical (unpaired) electrons. The zero-order valence-electron chi connectivity index (χ0n) is 13.6. The number of aromatic hydroxyl groups is 1. The zero-order valence-corrected chi connectivity index (χ0v) is 14.4. The van der Waals surface area contributed by atoms with Crippen molar-refractivity contribution in [3.8, 4) is 5.75 Å². The van der Waals surface area contributed by atoms with E-state index in [9.17, 15) is 14.7 Å². The summed E-state index contributed by atoms with van der Waals surface area (Å²) in [6.45, 7) is 2.00. The smallest absolute Gasteiger partial charge is 0.278 e. The van der Waals surface area contributed by atoms with Gasteiger partial charge in [0.2, 0.25) is 0 Å². The lowest BCUT2D eigenvalue weighted by molar-refractivity contribution is -0.137. The summed E-state index contributed by atoms with van der Waals surface area (Å²) in [5, 5.41) is 12.3. The van der Waals surface area contributed by atoms with Crippen LogP contribution in [-0.4, -0.2) is 28.4 Å². The van der Waals surface area contributed by atoms with Crippen molar-refractivity contribution in [2.75, 3.05) is 11.9 Å². The van der Waals surface area contributed by atoms with Crippen molar-refractivity contribution in [3.63, 3.8) is 0 Å². The first-order valence-electron chi connectivity index (χ1n) is 7.84. The summed E-state index contributed by atoms with van der Waals surface area (Å²) in [5.74, 6) is -0.791. The van der Waals surface area contributed by atoms with E-state index in [1.54, 1.807) is 19.1 Å². The Kier molecular flexibility index (Phi) is 4.76. The van der Waals surface area contributed by atoms with Crippen molar-refractivity contribution >= 4 is 29.1 Å². The van der Waals surface area contributed by atoms with E-state index in [1.807, 2.05) is 30.3 Å². The summed E-state index contributed by atoms with van der Waals surface area (Å²) < 4.78 is 0. The molecule has 0 aliphatic carbocycles. The molecule has 0 fully saturated rings. The number of anilines is 1. The van der Waals surface area contributed by atoms with Gasteiger partial charge in [-0.25, -0.2) is 0 Å². The fourth-order valence-electron chi connectivity index (χ4n) is 2.62. The summed E-state index contributed by atoms with van der Waals surface area (Å²) >= 11 is 6.08. The molecule has 0 spiro atoms. The van der Waals surface area contributed by atoms with Crippen LogP contribution in [0.25, 0.3) is 0 Å². The van der Waals surface area contributed by atoms with Gasteiger partial charge in [-0.3, -0.25) is 14.5 Å². The fraction of sp³-hybridized carbons (Fsp3) is 0.158. The Morgan fingerprint density at radius 1 is 1.08 bits per heavy atom. The van der Waals surface area contributed by atoms with Gasteiger partial charge in [0.15, 0.2) is 0 Å². The lowest BCUT2D eigenvalue weighted by Gasteiger charge is -2.15. The summed E-state index contributed by atoms with van der Waals surface area (Å²) in [5.41, 5.74) is 2.33. The largest absolute Gasteiger partial charge is 0.508 e. The molecule has 1 aliphatic heterocycles. The molecule has 2 aromatic carbocycles. The van der Waals surface area contributed by atoms with E-state index in [0.717, 1.165) is 10.5 Å². The van der Waals surface area contributed by atoms with Crippen molar-refractivity contribution in [2.45, 2.75) is 13.3 Å². The Hall–Kier alpha value is -2.79. The molecule has 2 aromatic rings. The number of nitrogens with one attached hydrogen (secondary N) is 1. The van der Waals surface area contributed by atoms with Gasteiger partial charge in [-0.2, -0.15) is 0 Å². The van der Waals surface area contributed by atoms with Gasteiger partial charge in [-0.05, 0) is 42.7 Å². The maximum Gasteiger partial charge on any atom is 0.278 e. The minimum Gasteiger partial charge on any atom is -0.508 e. The Labute approximate surface area is 150 Å². The Morgan fingerprint density at radius 3 is 2.48 bits per heavy atom. The van der Waals surface area contributed by atoms with Crippen molar-refractivity contribution in [3.05, 3.63) is 70.4 Å². The second-order valence-electron chi connectivity index (χ2n) is 5.81. The summed E-state index contributed by atoms with van der Waals surface area (Å²) in [6.07, 6.45) is 0.564. The van der Waals surface area contributed by atoms with Crippen molar-refractivity contribution in [1.29, 1.82) is 0 Å². The van der Waals surface area contributed by atoms with Crippen LogP contribution >= 0.6 is 11.6 Å². The average Bonchev–Trinajstić information content (AvgIpc) is 2.81. The quantitative estimate of drug-likeness (QED) is 0.637. The van der Waals surface area contributed by atoms with Gasteiger partial charge in [-0.15, -0.1) is 0 Å². The number of phenols is 1. The standard InChI is InChI=1S/C19H17ClN2O3/c1-12-11-14(7-8-15(12)23)21-17-16(20)18(24)22(19(17)25)10-9-13-5-3-2-4-6-13/h2-8,11,21,23H,9-10H2,1H3. The number of benzene rings is 2. The zero-order chi connectivity index (χ0) is 18.0. The molecule has 3 rings (SSSR count). The van der Waals surface area contributed by atoms with E-state index >= 15 is 0 Å². The first-order chi connectivity index (χ1) is 12.0. The number of carbonyl (C=O) groups is 2. The molecule has 0 atom stereocenters. The molecule has 1 aliphatic rings. The van der Waals surface area contributed by atoms with Gasteiger partial charge in [0.1, 0.15) is 16.5 Å². The highest BCUT2D eigenvalue weighted by atomic mass is 35.5. The second kappa shape index (κ2) is 6.99. The molecule has 2 amide bonds. The lowest BCUT2D eigenvalue weighted by Crippen LogP contribution is -2.34. The Balaban J connectivity index is 1.73. The first kappa shape index (κ1) is 17.0. The summed E-state index contributed by atoms with van der Waals surface area (Å²) in [4.78, 5) is 26.0. The minimum absolute atomic E-state index is 0.0600. The van der Waals surface area contributed by atoms with Crippen LogP contribution in [0.3, 0.4) is 0 Å². The van der Waals surface area contributed by atoms with Crippen LogP contribution in [0.4, 0.5) is 5.69 Å². The van der Waals surface area contributed by atoms with Crippen LogP contribution < -0.4 is 5.32 Å². The van der Waals surface area contributed by atoms with Gasteiger partial charge in [0.05, 0.1) is 0 Å². The number of hydrogen-bond acceptors (Lipinski definition) is 4. The molecular weight excluding hydrogens is 340 g/mol. The Morgan fingerprint density at radius 2 is 1.80 bits per heavy atom. The third kappa shape index (κ3) is 3.51. The molecule has 0 aromatic heterocycles. The molecule has 0 unspecified atom stereocenters. The third-order valence-electron chi connectivity index (χ3n) is 4.04. The number of amides is 2. The van der Waals surface area contributed by atoms with Crippen LogP contribution in [0.1, 0.15) is 11.1 Å². The topological polar surface area (TPSA) is 69.6 Å². The maximum absolute atomic E-state index is 12.6. The number of aryl methyl sites for hydroxylation is 1. The maximum atomic E-state index is 12.6. The number of halogens is 1. The second-order valence-corrected chi connectivity index (χ2v) is 6.19. The Bertz CT molecular complexity index is 862. The van der Waals surface area contributed by atoms with Gasteiger partial charge in [0, 0.05) is 12.2 Å². The number of rotatable bonds is 5. The molecule has 0 saturated heterocycles. The fourth-order valence-corrected chi connectivity index (χ4v) is 2.85. The molecule has 2 N–H and O–H groups in total. The molecule has 6 heteroatoms. The number of hydrogen-bond donors (Lipinski definition) is 2. The number of nitrogens with zero attached hydrogens (tertiary/aromatic N) is 1. The van der Waals surface area contributed by atoms with E-state index in [1.165, 1.54) is 6.07 Å². The van der Waals surface area contributed by atoms with Crippen molar-refractivity contribution in [1.82, 2.24) is 4.90 Å². The molecular formula is C19H17ClN2O3. The SMILES string of the molecule is Cc1cc(NC2=C(Cl)C(=O)N(CCc3ccccc3)C2=O)ccc1O. The van der Waals surface area contributed by atoms with Gasteiger partial charge in [-0.1, -0.05) is 41.9 Å². The van der Waals surface area contributed by atoms with E-state index in [0.29, 0.717) is 17.7 Å². The minimum atomic E-state index is -0.499. The lowest BCUT2D eigenvalue weighted by atomic mass is 10.1. The van der Waals surface area contributed by atoms with Crippen LogP contribution in [0.15, 0.2) is 59.3 Å². The number of carbonyl (C=O) groups excluding carboxylic acids is 2. The average molecular weight is 357 g/mol. The molecule has 128 valence electrons. The van der Waals surface area contributed by atoms with Gasteiger partial charge in [0.25, 0.3) is 11.8 Å². The van der Waals surface area contributed by atoms with Crippen molar-refractivity contribution in [2.24, 2.45) is 0 Å². The highest BCUT2D eigenvalue weighted by Gasteiger charge is 2.37. The number of imide groups is 1. The van der Waals surface area contributed by atoms with E-state index in [-0.39, 0.29) is 23.0 Å². The highest BCUT2D eigenvalue weighted by molar-refractivity contribution is 6.48. The monoisotopic (exact) mass is 356 g/mol. The third-order valence-corrected chi connectivity index (χ3v) is 4.40. The summed E-state index contributed by atoms with van der Waals surface area (Å²) in [7, 11) is 0. The van der Waals surface area contributed by atoms with E-state index < -0.39 is 11.8 Å². The molecule has 0 bridgehead atoms. The molecule has 0 saturated carbocycles. The van der Waals surface area contributed by atoms with E-state index in [4.69, 9.17) is 11.6 Å². The molecule has 5 nitrogen and oxygen atoms in total. The predicted molar refractivity (Wildman–Crippen MR) is 96.2 cm³/mol. The molecule has 1 heterocycles. The van der Waals surface area contributed by atoms with Crippen LogP contribution in [0.5, 0.6) is 5.75 Å². The van der Waals surface area contributed by atoms with Crippen LogP contribution in [0.2, 0.25) is 0 Å². The van der Waals surface area contributed by atoms with E-state index in [2.05, 4.69) is 5.32 Å².